The first-order valence-corrected chi connectivity index (χ1v) is 8.15. The van der Waals surface area contributed by atoms with Crippen molar-refractivity contribution in [2.75, 3.05) is 26.2 Å². The number of hydrogen-bond acceptors (Lipinski definition) is 5. The van der Waals surface area contributed by atoms with Crippen molar-refractivity contribution in [3.8, 4) is 0 Å². The van der Waals surface area contributed by atoms with Crippen molar-refractivity contribution in [2.45, 2.75) is 25.0 Å². The maximum absolute atomic E-state index is 12.3. The molecule has 4 rings (SSSR count). The Morgan fingerprint density at radius 2 is 2.22 bits per heavy atom. The number of morpholine rings is 1. The summed E-state index contributed by atoms with van der Waals surface area (Å²) in [6.45, 7) is 3.33. The fraction of sp³-hybridized carbons (Fsp3) is 0.471. The predicted octanol–water partition coefficient (Wildman–Crippen LogP) is 1.22. The third kappa shape index (κ3) is 3.04. The van der Waals surface area contributed by atoms with E-state index in [-0.39, 0.29) is 12.0 Å². The van der Waals surface area contributed by atoms with Crippen LogP contribution in [0.3, 0.4) is 0 Å². The molecule has 1 aromatic heterocycles. The van der Waals surface area contributed by atoms with Crippen LogP contribution < -0.4 is 5.32 Å². The number of carbonyl (C=O) groups excluding carboxylic acids is 1. The topological polar surface area (TPSA) is 67.4 Å². The summed E-state index contributed by atoms with van der Waals surface area (Å²) in [7, 11) is 0. The number of nitrogens with one attached hydrogen (secondary N) is 1. The number of hydrogen-bond donors (Lipinski definition) is 1. The number of nitrogens with zero attached hydrogens (tertiary/aromatic N) is 3. The van der Waals surface area contributed by atoms with Crippen LogP contribution in [0.2, 0.25) is 0 Å². The molecule has 120 valence electrons. The quantitative estimate of drug-likeness (QED) is 0.923. The molecule has 2 aliphatic heterocycles. The van der Waals surface area contributed by atoms with Crippen molar-refractivity contribution >= 4 is 16.9 Å². The molecule has 0 radical (unpaired) electrons. The maximum atomic E-state index is 12.3. The van der Waals surface area contributed by atoms with Gasteiger partial charge in [0.05, 0.1) is 29.9 Å². The molecule has 2 saturated heterocycles. The van der Waals surface area contributed by atoms with Gasteiger partial charge in [-0.05, 0) is 31.5 Å². The van der Waals surface area contributed by atoms with Crippen LogP contribution in [0.25, 0.3) is 11.0 Å². The van der Waals surface area contributed by atoms with Crippen molar-refractivity contribution in [3.05, 3.63) is 36.2 Å². The molecule has 6 nitrogen and oxygen atoms in total. The minimum Gasteiger partial charge on any atom is -0.373 e. The van der Waals surface area contributed by atoms with E-state index in [1.807, 2.05) is 24.3 Å². The fourth-order valence-corrected chi connectivity index (χ4v) is 3.37. The van der Waals surface area contributed by atoms with Gasteiger partial charge in [0.2, 0.25) is 0 Å². The van der Waals surface area contributed by atoms with Gasteiger partial charge < -0.3 is 10.1 Å². The lowest BCUT2D eigenvalue weighted by Crippen LogP contribution is -2.50. The molecule has 0 bridgehead atoms. The van der Waals surface area contributed by atoms with Gasteiger partial charge in [0.1, 0.15) is 5.69 Å². The summed E-state index contributed by atoms with van der Waals surface area (Å²) in [4.78, 5) is 23.4. The summed E-state index contributed by atoms with van der Waals surface area (Å²) in [6, 6.07) is 8.11. The average molecular weight is 312 g/mol. The first-order valence-electron chi connectivity index (χ1n) is 8.15. The van der Waals surface area contributed by atoms with E-state index in [4.69, 9.17) is 4.74 Å². The number of amides is 1. The maximum Gasteiger partial charge on any atom is 0.271 e. The molecule has 1 aromatic carbocycles. The van der Waals surface area contributed by atoms with Crippen LogP contribution in [0.1, 0.15) is 23.3 Å². The first kappa shape index (κ1) is 14.5. The van der Waals surface area contributed by atoms with Gasteiger partial charge in [-0.1, -0.05) is 12.1 Å². The van der Waals surface area contributed by atoms with Crippen molar-refractivity contribution < 1.29 is 9.53 Å². The first-order chi connectivity index (χ1) is 11.3. The normalized spacial score (nSPS) is 24.5. The zero-order valence-electron chi connectivity index (χ0n) is 12.9. The highest BCUT2D eigenvalue weighted by Gasteiger charge is 2.32. The molecule has 0 aliphatic carbocycles. The van der Waals surface area contributed by atoms with Gasteiger partial charge >= 0.3 is 0 Å². The molecule has 0 unspecified atom stereocenters. The van der Waals surface area contributed by atoms with Crippen LogP contribution >= 0.6 is 0 Å². The third-order valence-electron chi connectivity index (χ3n) is 4.63. The number of fused-ring (bicyclic) bond motifs is 2. The highest BCUT2D eigenvalue weighted by atomic mass is 16.5. The van der Waals surface area contributed by atoms with E-state index in [1.165, 1.54) is 19.0 Å². The van der Waals surface area contributed by atoms with Gasteiger partial charge in [0.15, 0.2) is 0 Å². The van der Waals surface area contributed by atoms with E-state index in [2.05, 4.69) is 20.2 Å². The van der Waals surface area contributed by atoms with Gasteiger partial charge in [-0.2, -0.15) is 0 Å². The van der Waals surface area contributed by atoms with Crippen LogP contribution in [0.4, 0.5) is 0 Å². The molecule has 1 N–H and O–H groups in total. The predicted molar refractivity (Wildman–Crippen MR) is 86.2 cm³/mol. The van der Waals surface area contributed by atoms with Crippen molar-refractivity contribution in [1.82, 2.24) is 20.2 Å². The lowest BCUT2D eigenvalue weighted by atomic mass is 10.2. The summed E-state index contributed by atoms with van der Waals surface area (Å²) in [5, 5.41) is 2.92. The zero-order valence-corrected chi connectivity index (χ0v) is 12.9. The lowest BCUT2D eigenvalue weighted by Gasteiger charge is -2.35. The van der Waals surface area contributed by atoms with Gasteiger partial charge in [0.25, 0.3) is 5.91 Å². The average Bonchev–Trinajstić information content (AvgIpc) is 3.07. The smallest absolute Gasteiger partial charge is 0.271 e. The lowest BCUT2D eigenvalue weighted by molar-refractivity contribution is -0.0462. The van der Waals surface area contributed by atoms with Gasteiger partial charge in [-0.15, -0.1) is 0 Å². The second-order valence-corrected chi connectivity index (χ2v) is 6.20. The summed E-state index contributed by atoms with van der Waals surface area (Å²) < 4.78 is 5.86. The van der Waals surface area contributed by atoms with Crippen molar-refractivity contribution in [3.63, 3.8) is 0 Å². The van der Waals surface area contributed by atoms with Crippen LogP contribution in [0.5, 0.6) is 0 Å². The van der Waals surface area contributed by atoms with E-state index < -0.39 is 0 Å². The van der Waals surface area contributed by atoms with E-state index >= 15 is 0 Å². The van der Waals surface area contributed by atoms with E-state index in [0.29, 0.717) is 18.3 Å². The molecule has 6 heteroatoms. The van der Waals surface area contributed by atoms with Gasteiger partial charge in [-0.3, -0.25) is 14.7 Å². The van der Waals surface area contributed by atoms with Crippen LogP contribution in [-0.2, 0) is 4.74 Å². The monoisotopic (exact) mass is 312 g/mol. The minimum atomic E-state index is -0.199. The standard InChI is InChI=1S/C17H20N4O2/c22-17(16-9-18-14-5-1-2-6-15(14)20-16)19-8-13-10-21-7-3-4-12(21)11-23-13/h1-2,5-6,9,12-13H,3-4,7-8,10-11H2,(H,19,22)/t12-,13-/m1/s1. The summed E-state index contributed by atoms with van der Waals surface area (Å²) in [5.41, 5.74) is 1.87. The molecule has 0 saturated carbocycles. The Morgan fingerprint density at radius 1 is 1.35 bits per heavy atom. The summed E-state index contributed by atoms with van der Waals surface area (Å²) in [6.07, 6.45) is 4.06. The fourth-order valence-electron chi connectivity index (χ4n) is 3.37. The van der Waals surface area contributed by atoms with E-state index in [9.17, 15) is 4.79 Å². The van der Waals surface area contributed by atoms with Crippen LogP contribution in [0.15, 0.2) is 30.5 Å². The highest BCUT2D eigenvalue weighted by molar-refractivity contribution is 5.93. The number of para-hydroxylation sites is 2. The van der Waals surface area contributed by atoms with E-state index in [0.717, 1.165) is 30.7 Å². The Kier molecular flexibility index (Phi) is 3.93. The van der Waals surface area contributed by atoms with Crippen molar-refractivity contribution in [1.29, 1.82) is 0 Å². The summed E-state index contributed by atoms with van der Waals surface area (Å²) in [5.74, 6) is -0.199. The molecule has 3 heterocycles. The van der Waals surface area contributed by atoms with Crippen molar-refractivity contribution in [2.24, 2.45) is 0 Å². The SMILES string of the molecule is O=C(NC[C@@H]1CN2CCC[C@@H]2CO1)c1cnc2ccccc2n1. The number of ether oxygens (including phenoxy) is 1. The zero-order chi connectivity index (χ0) is 15.6. The molecule has 2 atom stereocenters. The Balaban J connectivity index is 1.37. The molecular weight excluding hydrogens is 292 g/mol. The molecule has 2 fully saturated rings. The number of aromatic nitrogens is 2. The molecule has 0 spiro atoms. The number of rotatable bonds is 3. The second-order valence-electron chi connectivity index (χ2n) is 6.20. The Labute approximate surface area is 134 Å². The van der Waals surface area contributed by atoms with Gasteiger partial charge in [0, 0.05) is 19.1 Å². The van der Waals surface area contributed by atoms with Crippen LogP contribution in [-0.4, -0.2) is 59.2 Å². The molecule has 23 heavy (non-hydrogen) atoms. The molecule has 2 aliphatic rings. The molecule has 2 aromatic rings. The number of carbonyl (C=O) groups is 1. The largest absolute Gasteiger partial charge is 0.373 e. The Hall–Kier alpha value is -2.05. The van der Waals surface area contributed by atoms with Crippen LogP contribution in [0, 0.1) is 0 Å². The summed E-state index contributed by atoms with van der Waals surface area (Å²) >= 11 is 0. The molecular formula is C17H20N4O2. The van der Waals surface area contributed by atoms with E-state index in [1.54, 1.807) is 0 Å². The third-order valence-corrected chi connectivity index (χ3v) is 4.63. The number of benzene rings is 1. The highest BCUT2D eigenvalue weighted by Crippen LogP contribution is 2.22. The minimum absolute atomic E-state index is 0.0571. The molecule has 1 amide bonds. The van der Waals surface area contributed by atoms with Gasteiger partial charge in [-0.25, -0.2) is 4.98 Å². The Morgan fingerprint density at radius 3 is 3.13 bits per heavy atom. The second kappa shape index (κ2) is 6.22. The Bertz CT molecular complexity index is 721.